The summed E-state index contributed by atoms with van der Waals surface area (Å²) in [5.41, 5.74) is 1.13. The maximum absolute atomic E-state index is 13.9. The van der Waals surface area contributed by atoms with Crippen LogP contribution in [0.2, 0.25) is 0 Å². The fourth-order valence-corrected chi connectivity index (χ4v) is 1.92. The van der Waals surface area contributed by atoms with Crippen LogP contribution in [-0.4, -0.2) is 10.9 Å². The van der Waals surface area contributed by atoms with Gasteiger partial charge in [0.15, 0.2) is 0 Å². The van der Waals surface area contributed by atoms with Crippen LogP contribution in [0, 0.1) is 5.82 Å². The maximum Gasteiger partial charge on any atom is 0.146 e. The van der Waals surface area contributed by atoms with E-state index in [-0.39, 0.29) is 11.3 Å². The number of hydrogen-bond donors (Lipinski definition) is 1. The van der Waals surface area contributed by atoms with Crippen molar-refractivity contribution in [2.75, 3.05) is 0 Å². The first kappa shape index (κ1) is 11.8. The molecule has 0 heterocycles. The van der Waals surface area contributed by atoms with Crippen LogP contribution >= 0.6 is 15.9 Å². The number of hydrogen-bond acceptors (Lipinski definition) is 2. The van der Waals surface area contributed by atoms with Gasteiger partial charge in [0.05, 0.1) is 4.47 Å². The van der Waals surface area contributed by atoms with E-state index in [0.29, 0.717) is 10.0 Å². The molecule has 0 aliphatic rings. The van der Waals surface area contributed by atoms with Crippen LogP contribution in [0.25, 0.3) is 0 Å². The number of rotatable bonds is 2. The Morgan fingerprint density at radius 2 is 1.76 bits per heavy atom. The molecule has 2 nitrogen and oxygen atoms in total. The average molecular weight is 294 g/mol. The minimum Gasteiger partial charge on any atom is -0.410 e. The van der Waals surface area contributed by atoms with Crippen molar-refractivity contribution < 1.29 is 9.60 Å². The van der Waals surface area contributed by atoms with E-state index in [0.717, 1.165) is 0 Å². The quantitative estimate of drug-likeness (QED) is 0.510. The van der Waals surface area contributed by atoms with Gasteiger partial charge in [-0.15, -0.1) is 0 Å². The Kier molecular flexibility index (Phi) is 3.54. The van der Waals surface area contributed by atoms with Gasteiger partial charge in [0.25, 0.3) is 0 Å². The molecular weight excluding hydrogens is 285 g/mol. The molecular formula is C13H9BrFNO. The van der Waals surface area contributed by atoms with Crippen molar-refractivity contribution in [1.29, 1.82) is 0 Å². The van der Waals surface area contributed by atoms with Gasteiger partial charge in [-0.25, -0.2) is 4.39 Å². The fraction of sp³-hybridized carbons (Fsp3) is 0. The number of nitrogens with zero attached hydrogens (tertiary/aromatic N) is 1. The second kappa shape index (κ2) is 5.10. The molecule has 0 aromatic heterocycles. The zero-order valence-corrected chi connectivity index (χ0v) is 10.4. The third-order valence-electron chi connectivity index (χ3n) is 2.35. The standard InChI is InChI=1S/C13H9BrFNO/c14-11-8-4-7-10(12(11)15)13(16-17)9-5-2-1-3-6-9/h1-8,17H. The average Bonchev–Trinajstić information content (AvgIpc) is 2.37. The van der Waals surface area contributed by atoms with Crippen LogP contribution in [0.15, 0.2) is 58.2 Å². The number of benzene rings is 2. The third-order valence-corrected chi connectivity index (χ3v) is 2.97. The molecule has 0 aliphatic carbocycles. The summed E-state index contributed by atoms with van der Waals surface area (Å²) in [7, 11) is 0. The second-order valence-corrected chi connectivity index (χ2v) is 4.27. The van der Waals surface area contributed by atoms with Crippen molar-refractivity contribution >= 4 is 21.6 Å². The van der Waals surface area contributed by atoms with Crippen LogP contribution in [0.5, 0.6) is 0 Å². The highest BCUT2D eigenvalue weighted by Crippen LogP contribution is 2.21. The van der Waals surface area contributed by atoms with Crippen LogP contribution in [-0.2, 0) is 0 Å². The Balaban J connectivity index is 2.55. The first-order valence-electron chi connectivity index (χ1n) is 4.96. The van der Waals surface area contributed by atoms with Gasteiger partial charge in [0.1, 0.15) is 11.5 Å². The number of halogens is 2. The molecule has 0 aliphatic heterocycles. The summed E-state index contributed by atoms with van der Waals surface area (Å²) in [5.74, 6) is -0.441. The maximum atomic E-state index is 13.9. The minimum atomic E-state index is -0.441. The molecule has 1 N–H and O–H groups in total. The van der Waals surface area contributed by atoms with Crippen molar-refractivity contribution in [2.45, 2.75) is 0 Å². The lowest BCUT2D eigenvalue weighted by atomic mass is 10.0. The van der Waals surface area contributed by atoms with E-state index in [4.69, 9.17) is 5.21 Å². The Bertz CT molecular complexity index is 555. The fourth-order valence-electron chi connectivity index (χ4n) is 1.55. The van der Waals surface area contributed by atoms with Crippen molar-refractivity contribution in [3.63, 3.8) is 0 Å². The Morgan fingerprint density at radius 3 is 2.41 bits per heavy atom. The van der Waals surface area contributed by atoms with Gasteiger partial charge in [0, 0.05) is 11.1 Å². The summed E-state index contributed by atoms with van der Waals surface area (Å²) >= 11 is 3.10. The van der Waals surface area contributed by atoms with E-state index in [9.17, 15) is 4.39 Å². The summed E-state index contributed by atoms with van der Waals surface area (Å²) < 4.78 is 14.2. The highest BCUT2D eigenvalue weighted by molar-refractivity contribution is 9.10. The summed E-state index contributed by atoms with van der Waals surface area (Å²) in [6.07, 6.45) is 0. The molecule has 86 valence electrons. The molecule has 0 atom stereocenters. The minimum absolute atomic E-state index is 0.212. The van der Waals surface area contributed by atoms with Gasteiger partial charge in [0.2, 0.25) is 0 Å². The molecule has 2 aromatic carbocycles. The first-order valence-corrected chi connectivity index (χ1v) is 5.75. The van der Waals surface area contributed by atoms with Crippen LogP contribution in [0.3, 0.4) is 0 Å². The van der Waals surface area contributed by atoms with Crippen molar-refractivity contribution in [3.05, 3.63) is 69.9 Å². The van der Waals surface area contributed by atoms with Crippen LogP contribution in [0.4, 0.5) is 4.39 Å². The van der Waals surface area contributed by atoms with Crippen LogP contribution in [0.1, 0.15) is 11.1 Å². The normalized spacial score (nSPS) is 11.5. The summed E-state index contributed by atoms with van der Waals surface area (Å²) in [5, 5.41) is 12.2. The lowest BCUT2D eigenvalue weighted by molar-refractivity contribution is 0.319. The molecule has 2 rings (SSSR count). The summed E-state index contributed by atoms with van der Waals surface area (Å²) in [6, 6.07) is 13.8. The molecule has 0 unspecified atom stereocenters. The highest BCUT2D eigenvalue weighted by atomic mass is 79.9. The molecule has 0 radical (unpaired) electrons. The summed E-state index contributed by atoms with van der Waals surface area (Å²) in [4.78, 5) is 0. The van der Waals surface area contributed by atoms with Gasteiger partial charge in [-0.2, -0.15) is 0 Å². The zero-order chi connectivity index (χ0) is 12.3. The SMILES string of the molecule is ON=C(c1ccccc1)c1cccc(Br)c1F. The first-order chi connectivity index (χ1) is 8.24. The van der Waals surface area contributed by atoms with Gasteiger partial charge in [-0.1, -0.05) is 41.6 Å². The smallest absolute Gasteiger partial charge is 0.146 e. The predicted octanol–water partition coefficient (Wildman–Crippen LogP) is 3.81. The largest absolute Gasteiger partial charge is 0.410 e. The molecule has 0 spiro atoms. The molecule has 0 amide bonds. The lowest BCUT2D eigenvalue weighted by Crippen LogP contribution is -2.06. The van der Waals surface area contributed by atoms with E-state index < -0.39 is 5.82 Å². The second-order valence-electron chi connectivity index (χ2n) is 3.42. The van der Waals surface area contributed by atoms with E-state index in [1.165, 1.54) is 0 Å². The molecule has 0 saturated carbocycles. The van der Waals surface area contributed by atoms with Crippen molar-refractivity contribution in [1.82, 2.24) is 0 Å². The van der Waals surface area contributed by atoms with E-state index in [1.54, 1.807) is 42.5 Å². The zero-order valence-electron chi connectivity index (χ0n) is 8.77. The van der Waals surface area contributed by atoms with E-state index in [1.807, 2.05) is 6.07 Å². The highest BCUT2D eigenvalue weighted by Gasteiger charge is 2.14. The Labute approximate surface area is 107 Å². The van der Waals surface area contributed by atoms with Crippen LogP contribution < -0.4 is 0 Å². The molecule has 0 bridgehead atoms. The van der Waals surface area contributed by atoms with Crippen molar-refractivity contribution in [3.8, 4) is 0 Å². The third kappa shape index (κ3) is 2.36. The predicted molar refractivity (Wildman–Crippen MR) is 68.0 cm³/mol. The Hall–Kier alpha value is -1.68. The van der Waals surface area contributed by atoms with E-state index >= 15 is 0 Å². The monoisotopic (exact) mass is 293 g/mol. The molecule has 0 fully saturated rings. The Morgan fingerprint density at radius 1 is 1.06 bits per heavy atom. The molecule has 0 saturated heterocycles. The van der Waals surface area contributed by atoms with Gasteiger partial charge in [-0.3, -0.25) is 0 Å². The number of oxime groups is 1. The lowest BCUT2D eigenvalue weighted by Gasteiger charge is -2.07. The molecule has 17 heavy (non-hydrogen) atoms. The summed E-state index contributed by atoms with van der Waals surface area (Å²) in [6.45, 7) is 0. The van der Waals surface area contributed by atoms with Crippen molar-refractivity contribution in [2.24, 2.45) is 5.16 Å². The van der Waals surface area contributed by atoms with Gasteiger partial charge >= 0.3 is 0 Å². The topological polar surface area (TPSA) is 32.6 Å². The molecule has 2 aromatic rings. The van der Waals surface area contributed by atoms with Gasteiger partial charge in [-0.05, 0) is 28.1 Å². The van der Waals surface area contributed by atoms with E-state index in [2.05, 4.69) is 21.1 Å². The molecule has 4 heteroatoms. The van der Waals surface area contributed by atoms with Gasteiger partial charge < -0.3 is 5.21 Å².